The van der Waals surface area contributed by atoms with Crippen molar-refractivity contribution in [1.29, 1.82) is 0 Å². The van der Waals surface area contributed by atoms with E-state index in [4.69, 9.17) is 4.43 Å². The van der Waals surface area contributed by atoms with Gasteiger partial charge >= 0.3 is 0 Å². The molecule has 0 N–H and O–H groups in total. The quantitative estimate of drug-likeness (QED) is 0.502. The van der Waals surface area contributed by atoms with E-state index in [-0.39, 0.29) is 12.0 Å². The molecule has 1 fully saturated rings. The van der Waals surface area contributed by atoms with E-state index in [0.717, 1.165) is 6.17 Å². The van der Waals surface area contributed by atoms with Crippen molar-refractivity contribution >= 4 is 14.2 Å². The Balaban J connectivity index is 2.70. The smallest absolute Gasteiger partial charge is 0.249 e. The Hall–Kier alpha value is -0.353. The second-order valence-corrected chi connectivity index (χ2v) is 7.79. The van der Waals surface area contributed by atoms with Gasteiger partial charge in [0.25, 0.3) is 0 Å². The summed E-state index contributed by atoms with van der Waals surface area (Å²) in [6, 6.07) is 0. The van der Waals surface area contributed by atoms with Crippen molar-refractivity contribution in [3.8, 4) is 0 Å². The highest BCUT2D eigenvalue weighted by Crippen LogP contribution is 2.16. The van der Waals surface area contributed by atoms with Gasteiger partial charge < -0.3 is 9.33 Å². The van der Waals surface area contributed by atoms with Crippen LogP contribution in [0.3, 0.4) is 0 Å². The fourth-order valence-electron chi connectivity index (χ4n) is 1.53. The summed E-state index contributed by atoms with van der Waals surface area (Å²) in [4.78, 5) is 13.0. The number of carbonyl (C=O) groups is 1. The topological polar surface area (TPSA) is 29.5 Å². The molecule has 0 spiro atoms. The molecule has 3 nitrogen and oxygen atoms in total. The number of amides is 1. The van der Waals surface area contributed by atoms with Crippen molar-refractivity contribution in [2.75, 3.05) is 13.2 Å². The first-order valence-electron chi connectivity index (χ1n) is 3.85. The monoisotopic (exact) mass is 173 g/mol. The highest BCUT2D eigenvalue weighted by atomic mass is 28.4. The third kappa shape index (κ3) is 1.81. The van der Waals surface area contributed by atoms with Crippen molar-refractivity contribution in [2.45, 2.75) is 26.1 Å². The maximum Gasteiger partial charge on any atom is 0.249 e. The number of hydrogen-bond acceptors (Lipinski definition) is 2. The summed E-state index contributed by atoms with van der Waals surface area (Å²) in [7, 11) is 0.290. The number of nitrogens with zero attached hydrogens (tertiary/aromatic N) is 1. The minimum Gasteiger partial charge on any atom is -0.404 e. The molecular formula is C7H15NO2Si. The van der Waals surface area contributed by atoms with Gasteiger partial charge in [-0.1, -0.05) is 0 Å². The molecule has 1 unspecified atom stereocenters. The van der Waals surface area contributed by atoms with Crippen LogP contribution in [0.25, 0.3) is 0 Å². The molecule has 1 rings (SSSR count). The molecule has 1 aliphatic heterocycles. The molecule has 1 saturated heterocycles. The van der Waals surface area contributed by atoms with E-state index in [0.29, 0.717) is 0 Å². The zero-order chi connectivity index (χ0) is 8.65. The average molecular weight is 173 g/mol. The summed E-state index contributed by atoms with van der Waals surface area (Å²) in [5.41, 5.74) is 0. The Kier molecular flexibility index (Phi) is 2.07. The standard InChI is InChI=1S/C7H15NO2Si/c1-6-7(9)8(2)5-11(3,4)10-6/h6H,5H2,1-4H3. The molecule has 64 valence electrons. The Morgan fingerprint density at radius 2 is 2.18 bits per heavy atom. The van der Waals surface area contributed by atoms with Gasteiger partial charge in [-0.2, -0.15) is 0 Å². The van der Waals surface area contributed by atoms with Gasteiger partial charge in [-0.3, -0.25) is 4.79 Å². The van der Waals surface area contributed by atoms with Gasteiger partial charge in [0.2, 0.25) is 14.2 Å². The lowest BCUT2D eigenvalue weighted by Crippen LogP contribution is -2.56. The Morgan fingerprint density at radius 3 is 2.64 bits per heavy atom. The van der Waals surface area contributed by atoms with Gasteiger partial charge in [0.15, 0.2) is 0 Å². The highest BCUT2D eigenvalue weighted by molar-refractivity contribution is 6.72. The Bertz CT molecular complexity index is 165. The van der Waals surface area contributed by atoms with Crippen molar-refractivity contribution in [3.63, 3.8) is 0 Å². The van der Waals surface area contributed by atoms with Crippen LogP contribution in [-0.2, 0) is 9.22 Å². The Labute approximate surface area is 68.5 Å². The van der Waals surface area contributed by atoms with Crippen LogP contribution in [0.15, 0.2) is 0 Å². The second kappa shape index (κ2) is 2.60. The largest absolute Gasteiger partial charge is 0.404 e. The molecule has 0 bridgehead atoms. The maximum absolute atomic E-state index is 11.2. The van der Waals surface area contributed by atoms with Gasteiger partial charge in [0, 0.05) is 13.2 Å². The second-order valence-electron chi connectivity index (χ2n) is 3.71. The van der Waals surface area contributed by atoms with Crippen molar-refractivity contribution in [3.05, 3.63) is 0 Å². The van der Waals surface area contributed by atoms with Gasteiger partial charge in [0.1, 0.15) is 6.10 Å². The summed E-state index contributed by atoms with van der Waals surface area (Å²) >= 11 is 0. The lowest BCUT2D eigenvalue weighted by Gasteiger charge is -2.37. The minimum atomic E-state index is -1.55. The lowest BCUT2D eigenvalue weighted by atomic mass is 10.4. The third-order valence-electron chi connectivity index (χ3n) is 1.84. The van der Waals surface area contributed by atoms with E-state index in [1.54, 1.807) is 4.90 Å². The molecule has 0 aromatic rings. The SMILES string of the molecule is CC1O[Si](C)(C)CN(C)C1=O. The number of rotatable bonds is 0. The first kappa shape index (κ1) is 8.74. The van der Waals surface area contributed by atoms with Gasteiger partial charge in [-0.25, -0.2) is 0 Å². The predicted octanol–water partition coefficient (Wildman–Crippen LogP) is 0.608. The molecule has 11 heavy (non-hydrogen) atoms. The van der Waals surface area contributed by atoms with Crippen LogP contribution in [-0.4, -0.2) is 38.4 Å². The van der Waals surface area contributed by atoms with E-state index >= 15 is 0 Å². The molecule has 0 saturated carbocycles. The molecule has 1 aliphatic rings. The van der Waals surface area contributed by atoms with Crippen molar-refractivity contribution < 1.29 is 9.22 Å². The van der Waals surface area contributed by atoms with Crippen LogP contribution >= 0.6 is 0 Å². The molecule has 0 aromatic heterocycles. The summed E-state index contributed by atoms with van der Waals surface area (Å²) in [6.45, 7) is 6.09. The van der Waals surface area contributed by atoms with Crippen LogP contribution < -0.4 is 0 Å². The number of hydrogen-bond donors (Lipinski definition) is 0. The van der Waals surface area contributed by atoms with Gasteiger partial charge in [0.05, 0.1) is 0 Å². The summed E-state index contributed by atoms with van der Waals surface area (Å²) in [5, 5.41) is 0. The molecular weight excluding hydrogens is 158 g/mol. The average Bonchev–Trinajstić information content (AvgIpc) is 1.81. The summed E-state index contributed by atoms with van der Waals surface area (Å²) < 4.78 is 5.60. The molecule has 0 radical (unpaired) electrons. The zero-order valence-corrected chi connectivity index (χ0v) is 8.55. The first-order chi connectivity index (χ1) is 4.92. The van der Waals surface area contributed by atoms with Crippen molar-refractivity contribution in [2.24, 2.45) is 0 Å². The van der Waals surface area contributed by atoms with Gasteiger partial charge in [-0.15, -0.1) is 0 Å². The molecule has 0 aliphatic carbocycles. The zero-order valence-electron chi connectivity index (χ0n) is 7.55. The van der Waals surface area contributed by atoms with E-state index < -0.39 is 8.32 Å². The summed E-state index contributed by atoms with van der Waals surface area (Å²) in [6.07, 6.45) is 0.589. The first-order valence-corrected chi connectivity index (χ1v) is 6.97. The van der Waals surface area contributed by atoms with Crippen LogP contribution in [0, 0.1) is 0 Å². The van der Waals surface area contributed by atoms with E-state index in [1.807, 2.05) is 14.0 Å². The maximum atomic E-state index is 11.2. The van der Waals surface area contributed by atoms with Crippen LogP contribution in [0.5, 0.6) is 0 Å². The van der Waals surface area contributed by atoms with E-state index in [2.05, 4.69) is 13.1 Å². The third-order valence-corrected chi connectivity index (χ3v) is 4.07. The highest BCUT2D eigenvalue weighted by Gasteiger charge is 2.36. The molecule has 1 heterocycles. The fourth-order valence-corrected chi connectivity index (χ4v) is 3.96. The molecule has 0 aromatic carbocycles. The number of carbonyl (C=O) groups excluding carboxylic acids is 1. The normalized spacial score (nSPS) is 30.7. The van der Waals surface area contributed by atoms with Crippen LogP contribution in [0.1, 0.15) is 6.92 Å². The minimum absolute atomic E-state index is 0.108. The van der Waals surface area contributed by atoms with E-state index in [1.165, 1.54) is 0 Å². The van der Waals surface area contributed by atoms with Crippen LogP contribution in [0.2, 0.25) is 13.1 Å². The van der Waals surface area contributed by atoms with Crippen molar-refractivity contribution in [1.82, 2.24) is 4.90 Å². The van der Waals surface area contributed by atoms with E-state index in [9.17, 15) is 4.79 Å². The lowest BCUT2D eigenvalue weighted by molar-refractivity contribution is -0.138. The molecule has 4 heteroatoms. The predicted molar refractivity (Wildman–Crippen MR) is 45.7 cm³/mol. The van der Waals surface area contributed by atoms with Crippen LogP contribution in [0.4, 0.5) is 0 Å². The van der Waals surface area contributed by atoms with Gasteiger partial charge in [-0.05, 0) is 20.0 Å². The Morgan fingerprint density at radius 1 is 1.64 bits per heavy atom. The fraction of sp³-hybridized carbons (Fsp3) is 0.857. The molecule has 1 amide bonds. The number of likely N-dealkylation sites (N-methyl/N-ethyl adjacent to an activating group) is 1. The summed E-state index contributed by atoms with van der Waals surface area (Å²) in [5.74, 6) is 0.108. The molecule has 1 atom stereocenters.